The van der Waals surface area contributed by atoms with Crippen LogP contribution < -0.4 is 5.32 Å². The number of hydrogen-bond donors (Lipinski definition) is 3. The average molecular weight is 297 g/mol. The van der Waals surface area contributed by atoms with Crippen LogP contribution in [0.15, 0.2) is 0 Å². The molecule has 2 aliphatic rings. The molecular formula is C16H27NO4. The van der Waals surface area contributed by atoms with E-state index in [-0.39, 0.29) is 18.4 Å². The summed E-state index contributed by atoms with van der Waals surface area (Å²) in [7, 11) is 0. The predicted octanol–water partition coefficient (Wildman–Crippen LogP) is 1.79. The van der Waals surface area contributed by atoms with Crippen LogP contribution in [0.2, 0.25) is 0 Å². The number of aliphatic carboxylic acids is 1. The highest BCUT2D eigenvalue weighted by atomic mass is 16.4. The Kier molecular flexibility index (Phi) is 4.91. The van der Waals surface area contributed by atoms with E-state index in [0.29, 0.717) is 18.8 Å². The van der Waals surface area contributed by atoms with E-state index in [1.807, 2.05) is 6.92 Å². The lowest BCUT2D eigenvalue weighted by atomic mass is 9.77. The van der Waals surface area contributed by atoms with E-state index < -0.39 is 23.3 Å². The fourth-order valence-corrected chi connectivity index (χ4v) is 3.85. The number of rotatable bonds is 4. The molecule has 0 aromatic carbocycles. The van der Waals surface area contributed by atoms with Crippen molar-refractivity contribution >= 4 is 11.9 Å². The smallest absolute Gasteiger partial charge is 0.307 e. The average Bonchev–Trinajstić information content (AvgIpc) is 2.84. The van der Waals surface area contributed by atoms with Gasteiger partial charge in [-0.05, 0) is 50.4 Å². The minimum Gasteiger partial charge on any atom is -0.481 e. The van der Waals surface area contributed by atoms with E-state index in [1.165, 1.54) is 0 Å². The van der Waals surface area contributed by atoms with Crippen molar-refractivity contribution in [3.8, 4) is 0 Å². The molecule has 0 heterocycles. The van der Waals surface area contributed by atoms with Crippen molar-refractivity contribution in [3.63, 3.8) is 0 Å². The Morgan fingerprint density at radius 1 is 1.10 bits per heavy atom. The van der Waals surface area contributed by atoms with Crippen LogP contribution in [0.1, 0.15) is 52.4 Å². The van der Waals surface area contributed by atoms with Crippen LogP contribution in [-0.2, 0) is 9.59 Å². The Hall–Kier alpha value is -1.10. The summed E-state index contributed by atoms with van der Waals surface area (Å²) < 4.78 is 0. The van der Waals surface area contributed by atoms with Crippen molar-refractivity contribution < 1.29 is 19.8 Å². The zero-order valence-corrected chi connectivity index (χ0v) is 13.0. The maximum atomic E-state index is 12.5. The van der Waals surface area contributed by atoms with Gasteiger partial charge in [0.05, 0.1) is 24.0 Å². The normalized spacial score (nSPS) is 40.0. The predicted molar refractivity (Wildman–Crippen MR) is 78.6 cm³/mol. The molecule has 5 nitrogen and oxygen atoms in total. The van der Waals surface area contributed by atoms with Gasteiger partial charge in [-0.3, -0.25) is 9.59 Å². The van der Waals surface area contributed by atoms with Crippen LogP contribution in [0.4, 0.5) is 0 Å². The van der Waals surface area contributed by atoms with Crippen LogP contribution >= 0.6 is 0 Å². The Morgan fingerprint density at radius 3 is 2.19 bits per heavy atom. The number of aliphatic hydroxyl groups excluding tert-OH is 1. The van der Waals surface area contributed by atoms with Crippen LogP contribution in [0.3, 0.4) is 0 Å². The minimum absolute atomic E-state index is 0.0640. The summed E-state index contributed by atoms with van der Waals surface area (Å²) in [5.74, 6) is -1.22. The first-order chi connectivity index (χ1) is 9.87. The molecule has 2 fully saturated rings. The molecule has 1 amide bonds. The number of carbonyl (C=O) groups is 2. The van der Waals surface area contributed by atoms with Crippen molar-refractivity contribution in [2.45, 2.75) is 57.9 Å². The van der Waals surface area contributed by atoms with Gasteiger partial charge >= 0.3 is 5.97 Å². The molecule has 0 aromatic heterocycles. The van der Waals surface area contributed by atoms with E-state index >= 15 is 0 Å². The summed E-state index contributed by atoms with van der Waals surface area (Å²) in [5.41, 5.74) is -0.543. The van der Waals surface area contributed by atoms with Gasteiger partial charge in [-0.15, -0.1) is 0 Å². The molecule has 3 atom stereocenters. The van der Waals surface area contributed by atoms with Gasteiger partial charge in [0.25, 0.3) is 0 Å². The molecule has 21 heavy (non-hydrogen) atoms. The largest absolute Gasteiger partial charge is 0.481 e. The lowest BCUT2D eigenvalue weighted by Crippen LogP contribution is -2.55. The highest BCUT2D eigenvalue weighted by molar-refractivity contribution is 5.85. The monoisotopic (exact) mass is 297 g/mol. The molecule has 2 rings (SSSR count). The van der Waals surface area contributed by atoms with E-state index in [0.717, 1.165) is 25.7 Å². The number of carboxylic acid groups (broad SMARTS) is 1. The van der Waals surface area contributed by atoms with Gasteiger partial charge in [0, 0.05) is 0 Å². The molecule has 0 radical (unpaired) electrons. The van der Waals surface area contributed by atoms with Gasteiger partial charge in [0.2, 0.25) is 5.91 Å². The van der Waals surface area contributed by atoms with Gasteiger partial charge in [-0.2, -0.15) is 0 Å². The third-order valence-corrected chi connectivity index (χ3v) is 5.37. The quantitative estimate of drug-likeness (QED) is 0.738. The minimum atomic E-state index is -0.880. The van der Waals surface area contributed by atoms with Crippen molar-refractivity contribution in [3.05, 3.63) is 0 Å². The number of carboxylic acids is 1. The summed E-state index contributed by atoms with van der Waals surface area (Å²) in [6.45, 7) is 4.11. The molecule has 0 spiro atoms. The zero-order chi connectivity index (χ0) is 15.6. The molecule has 120 valence electrons. The molecule has 0 bridgehead atoms. The number of nitrogens with one attached hydrogen (secondary N) is 1. The standard InChI is InChI=1S/C16H27NO4/c1-10-3-5-16(9-18,6-4-10)17-14(19)12-7-11(2)8-13(12)15(20)21/h10-13,18H,3-9H2,1-2H3,(H,17,19)(H,20,21)/t10?,11?,12-,13+,16?/m0/s1. The maximum absolute atomic E-state index is 12.5. The molecule has 1 unspecified atom stereocenters. The summed E-state index contributed by atoms with van der Waals surface area (Å²) in [6.07, 6.45) is 4.72. The first-order valence-electron chi connectivity index (χ1n) is 8.02. The van der Waals surface area contributed by atoms with E-state index in [1.54, 1.807) is 0 Å². The SMILES string of the molecule is CC1CCC(CO)(NC(=O)[C@H]2CC(C)C[C@H]2C(=O)O)CC1. The lowest BCUT2D eigenvalue weighted by Gasteiger charge is -2.39. The molecular weight excluding hydrogens is 270 g/mol. The number of aliphatic hydroxyl groups is 1. The van der Waals surface area contributed by atoms with E-state index in [4.69, 9.17) is 0 Å². The van der Waals surface area contributed by atoms with Crippen molar-refractivity contribution in [2.75, 3.05) is 6.61 Å². The molecule has 0 aromatic rings. The van der Waals surface area contributed by atoms with Crippen molar-refractivity contribution in [2.24, 2.45) is 23.7 Å². The van der Waals surface area contributed by atoms with Crippen LogP contribution in [-0.4, -0.2) is 34.2 Å². The molecule has 3 N–H and O–H groups in total. The molecule has 0 aliphatic heterocycles. The Morgan fingerprint density at radius 2 is 1.67 bits per heavy atom. The highest BCUT2D eigenvalue weighted by Gasteiger charge is 2.44. The van der Waals surface area contributed by atoms with Crippen molar-refractivity contribution in [1.29, 1.82) is 0 Å². The molecule has 0 saturated heterocycles. The van der Waals surface area contributed by atoms with Gasteiger partial charge in [0.1, 0.15) is 0 Å². The second-order valence-corrected chi connectivity index (χ2v) is 7.24. The Labute approximate surface area is 126 Å². The van der Waals surface area contributed by atoms with E-state index in [2.05, 4.69) is 12.2 Å². The first kappa shape index (κ1) is 16.3. The first-order valence-corrected chi connectivity index (χ1v) is 8.02. The van der Waals surface area contributed by atoms with Crippen LogP contribution in [0.25, 0.3) is 0 Å². The van der Waals surface area contributed by atoms with Gasteiger partial charge < -0.3 is 15.5 Å². The Balaban J connectivity index is 2.04. The fraction of sp³-hybridized carbons (Fsp3) is 0.875. The van der Waals surface area contributed by atoms with Gasteiger partial charge in [0.15, 0.2) is 0 Å². The third kappa shape index (κ3) is 3.57. The zero-order valence-electron chi connectivity index (χ0n) is 13.0. The summed E-state index contributed by atoms with van der Waals surface area (Å²) >= 11 is 0. The summed E-state index contributed by atoms with van der Waals surface area (Å²) in [6, 6.07) is 0. The lowest BCUT2D eigenvalue weighted by molar-refractivity contribution is -0.146. The third-order valence-electron chi connectivity index (χ3n) is 5.37. The number of amides is 1. The number of carbonyl (C=O) groups excluding carboxylic acids is 1. The maximum Gasteiger partial charge on any atom is 0.307 e. The Bertz CT molecular complexity index is 401. The summed E-state index contributed by atoms with van der Waals surface area (Å²) in [5, 5.41) is 22.0. The van der Waals surface area contributed by atoms with Crippen LogP contribution in [0.5, 0.6) is 0 Å². The number of hydrogen-bond acceptors (Lipinski definition) is 3. The second-order valence-electron chi connectivity index (χ2n) is 7.24. The molecule has 5 heteroatoms. The van der Waals surface area contributed by atoms with E-state index in [9.17, 15) is 19.8 Å². The van der Waals surface area contributed by atoms with Gasteiger partial charge in [-0.25, -0.2) is 0 Å². The molecule has 2 saturated carbocycles. The topological polar surface area (TPSA) is 86.6 Å². The molecule has 2 aliphatic carbocycles. The van der Waals surface area contributed by atoms with Crippen LogP contribution in [0, 0.1) is 23.7 Å². The van der Waals surface area contributed by atoms with Crippen molar-refractivity contribution in [1.82, 2.24) is 5.32 Å². The second kappa shape index (κ2) is 6.34. The highest BCUT2D eigenvalue weighted by Crippen LogP contribution is 2.38. The fourth-order valence-electron chi connectivity index (χ4n) is 3.85. The summed E-state index contributed by atoms with van der Waals surface area (Å²) in [4.78, 5) is 23.9. The van der Waals surface area contributed by atoms with Gasteiger partial charge in [-0.1, -0.05) is 13.8 Å².